The van der Waals surface area contributed by atoms with Gasteiger partial charge in [0.15, 0.2) is 0 Å². The number of rotatable bonds is 3. The van der Waals surface area contributed by atoms with Gasteiger partial charge in [0.25, 0.3) is 0 Å². The molecule has 0 aliphatic carbocycles. The Morgan fingerprint density at radius 2 is 1.92 bits per heavy atom. The maximum Gasteiger partial charge on any atom is 0.140 e. The molecule has 0 spiro atoms. The van der Waals surface area contributed by atoms with E-state index >= 15 is 0 Å². The van der Waals surface area contributed by atoms with E-state index in [0.29, 0.717) is 11.4 Å². The van der Waals surface area contributed by atoms with Crippen LogP contribution in [0.25, 0.3) is 0 Å². The summed E-state index contributed by atoms with van der Waals surface area (Å²) in [5.74, 6) is 0.166. The lowest BCUT2D eigenvalue weighted by Gasteiger charge is -1.98. The molecular formula is C8H9ClO2S. The third-order valence-electron chi connectivity index (χ3n) is 1.52. The van der Waals surface area contributed by atoms with Crippen molar-refractivity contribution in [2.45, 2.75) is 6.42 Å². The zero-order valence-electron chi connectivity index (χ0n) is 6.37. The summed E-state index contributed by atoms with van der Waals surface area (Å²) in [6.45, 7) is 0. The Morgan fingerprint density at radius 3 is 2.50 bits per heavy atom. The van der Waals surface area contributed by atoms with Crippen LogP contribution in [0.4, 0.5) is 0 Å². The molecule has 0 amide bonds. The standard InChI is InChI=1S/C8H9ClO2S/c9-8-4-2-1-3-7(8)5-6-12(10)11/h1-4,12H,5-6H2. The van der Waals surface area contributed by atoms with Crippen molar-refractivity contribution in [1.82, 2.24) is 0 Å². The van der Waals surface area contributed by atoms with Gasteiger partial charge in [-0.05, 0) is 18.1 Å². The first-order chi connectivity index (χ1) is 5.70. The van der Waals surface area contributed by atoms with Crippen LogP contribution < -0.4 is 0 Å². The minimum absolute atomic E-state index is 0.166. The Kier molecular flexibility index (Phi) is 3.56. The first-order valence-electron chi connectivity index (χ1n) is 3.55. The molecular weight excluding hydrogens is 196 g/mol. The van der Waals surface area contributed by atoms with Gasteiger partial charge in [0.2, 0.25) is 0 Å². The summed E-state index contributed by atoms with van der Waals surface area (Å²) < 4.78 is 20.6. The second-order valence-corrected chi connectivity index (χ2v) is 3.92. The SMILES string of the molecule is O=[SH](=O)CCc1ccccc1Cl. The lowest BCUT2D eigenvalue weighted by atomic mass is 10.2. The van der Waals surface area contributed by atoms with E-state index in [2.05, 4.69) is 0 Å². The Hall–Kier alpha value is -0.540. The summed E-state index contributed by atoms with van der Waals surface area (Å²) in [5, 5.41) is 0.634. The molecule has 4 heteroatoms. The highest BCUT2D eigenvalue weighted by Crippen LogP contribution is 2.14. The normalized spacial score (nSPS) is 10.5. The molecule has 1 aromatic rings. The van der Waals surface area contributed by atoms with Crippen molar-refractivity contribution in [3.8, 4) is 0 Å². The number of aryl methyl sites for hydroxylation is 1. The fraction of sp³-hybridized carbons (Fsp3) is 0.250. The molecule has 2 nitrogen and oxygen atoms in total. The molecule has 0 bridgehead atoms. The van der Waals surface area contributed by atoms with Gasteiger partial charge in [-0.3, -0.25) is 0 Å². The maximum absolute atomic E-state index is 10.3. The highest BCUT2D eigenvalue weighted by molar-refractivity contribution is 7.72. The lowest BCUT2D eigenvalue weighted by Crippen LogP contribution is -1.94. The third kappa shape index (κ3) is 2.83. The van der Waals surface area contributed by atoms with Crippen LogP contribution in [-0.4, -0.2) is 14.2 Å². The van der Waals surface area contributed by atoms with Crippen LogP contribution in [0.2, 0.25) is 5.02 Å². The van der Waals surface area contributed by atoms with E-state index in [0.717, 1.165) is 5.56 Å². The highest BCUT2D eigenvalue weighted by atomic mass is 35.5. The molecule has 1 rings (SSSR count). The molecule has 12 heavy (non-hydrogen) atoms. The van der Waals surface area contributed by atoms with Gasteiger partial charge in [-0.15, -0.1) is 0 Å². The Morgan fingerprint density at radius 1 is 1.25 bits per heavy atom. The Labute approximate surface area is 78.1 Å². The molecule has 0 saturated carbocycles. The van der Waals surface area contributed by atoms with Crippen LogP contribution in [0.15, 0.2) is 24.3 Å². The summed E-state index contributed by atoms with van der Waals surface area (Å²) in [4.78, 5) is 0. The maximum atomic E-state index is 10.3. The van der Waals surface area contributed by atoms with Crippen LogP contribution in [-0.2, 0) is 17.1 Å². The van der Waals surface area contributed by atoms with E-state index in [1.807, 2.05) is 18.2 Å². The van der Waals surface area contributed by atoms with Gasteiger partial charge in [-0.25, -0.2) is 8.42 Å². The zero-order valence-corrected chi connectivity index (χ0v) is 8.02. The smallest absolute Gasteiger partial charge is 0.140 e. The molecule has 1 aromatic carbocycles. The summed E-state index contributed by atoms with van der Waals surface area (Å²) in [7, 11) is -2.30. The van der Waals surface area contributed by atoms with E-state index in [1.165, 1.54) is 0 Å². The molecule has 0 fully saturated rings. The van der Waals surface area contributed by atoms with Crippen LogP contribution in [0.3, 0.4) is 0 Å². The topological polar surface area (TPSA) is 34.1 Å². The van der Waals surface area contributed by atoms with Gasteiger partial charge in [-0.1, -0.05) is 29.8 Å². The van der Waals surface area contributed by atoms with Crippen LogP contribution in [0, 0.1) is 0 Å². The molecule has 0 radical (unpaired) electrons. The average molecular weight is 205 g/mol. The fourth-order valence-corrected chi connectivity index (χ4v) is 1.57. The van der Waals surface area contributed by atoms with Crippen LogP contribution in [0.5, 0.6) is 0 Å². The predicted octanol–water partition coefficient (Wildman–Crippen LogP) is 1.49. The van der Waals surface area contributed by atoms with Crippen molar-refractivity contribution >= 4 is 22.3 Å². The molecule has 0 heterocycles. The minimum atomic E-state index is -2.30. The van der Waals surface area contributed by atoms with E-state index in [-0.39, 0.29) is 5.75 Å². The number of benzene rings is 1. The second-order valence-electron chi connectivity index (χ2n) is 2.40. The fourth-order valence-electron chi connectivity index (χ4n) is 0.913. The molecule has 0 aliphatic heterocycles. The monoisotopic (exact) mass is 204 g/mol. The van der Waals surface area contributed by atoms with Gasteiger partial charge in [0.05, 0.1) is 5.75 Å². The van der Waals surface area contributed by atoms with Gasteiger partial charge in [0, 0.05) is 5.02 Å². The molecule has 0 atom stereocenters. The third-order valence-corrected chi connectivity index (χ3v) is 2.48. The number of thiol groups is 1. The van der Waals surface area contributed by atoms with E-state index in [1.54, 1.807) is 6.07 Å². The van der Waals surface area contributed by atoms with Crippen molar-refractivity contribution in [3.63, 3.8) is 0 Å². The molecule has 0 aromatic heterocycles. The summed E-state index contributed by atoms with van der Waals surface area (Å²) in [6, 6.07) is 7.26. The van der Waals surface area contributed by atoms with Gasteiger partial charge < -0.3 is 0 Å². The lowest BCUT2D eigenvalue weighted by molar-refractivity contribution is 0.614. The van der Waals surface area contributed by atoms with Crippen molar-refractivity contribution in [2.24, 2.45) is 0 Å². The first kappa shape index (κ1) is 9.55. The van der Waals surface area contributed by atoms with E-state index in [4.69, 9.17) is 11.6 Å². The Balaban J connectivity index is 2.69. The summed E-state index contributed by atoms with van der Waals surface area (Å²) in [6.07, 6.45) is 0.498. The van der Waals surface area contributed by atoms with Crippen molar-refractivity contribution in [2.75, 3.05) is 5.75 Å². The number of hydrogen-bond acceptors (Lipinski definition) is 2. The Bertz CT molecular complexity index is 326. The second kappa shape index (κ2) is 4.48. The largest absolute Gasteiger partial charge is 0.232 e. The summed E-state index contributed by atoms with van der Waals surface area (Å²) >= 11 is 5.81. The molecule has 66 valence electrons. The molecule has 0 unspecified atom stereocenters. The van der Waals surface area contributed by atoms with Crippen LogP contribution in [0.1, 0.15) is 5.56 Å². The first-order valence-corrected chi connectivity index (χ1v) is 5.29. The zero-order chi connectivity index (χ0) is 8.97. The minimum Gasteiger partial charge on any atom is -0.232 e. The van der Waals surface area contributed by atoms with E-state index in [9.17, 15) is 8.42 Å². The van der Waals surface area contributed by atoms with E-state index < -0.39 is 10.7 Å². The molecule has 0 N–H and O–H groups in total. The average Bonchev–Trinajstić information content (AvgIpc) is 2.03. The van der Waals surface area contributed by atoms with Gasteiger partial charge >= 0.3 is 0 Å². The quantitative estimate of drug-likeness (QED) is 0.758. The summed E-state index contributed by atoms with van der Waals surface area (Å²) in [5.41, 5.74) is 0.887. The van der Waals surface area contributed by atoms with Crippen molar-refractivity contribution in [3.05, 3.63) is 34.9 Å². The van der Waals surface area contributed by atoms with Crippen molar-refractivity contribution in [1.29, 1.82) is 0 Å². The van der Waals surface area contributed by atoms with Gasteiger partial charge in [-0.2, -0.15) is 0 Å². The highest BCUT2D eigenvalue weighted by Gasteiger charge is 1.98. The van der Waals surface area contributed by atoms with Crippen LogP contribution >= 0.6 is 11.6 Å². The predicted molar refractivity (Wildman–Crippen MR) is 50.3 cm³/mol. The molecule has 0 saturated heterocycles. The van der Waals surface area contributed by atoms with Gasteiger partial charge in [0.1, 0.15) is 10.7 Å². The number of hydrogen-bond donors (Lipinski definition) is 1. The van der Waals surface area contributed by atoms with Crippen molar-refractivity contribution < 1.29 is 8.42 Å². The number of halogens is 1. The molecule has 0 aliphatic rings.